The number of rotatable bonds is 4. The molecule has 0 aromatic heterocycles. The minimum absolute atomic E-state index is 0.0575. The normalized spacial score (nSPS) is 31.0. The van der Waals surface area contributed by atoms with Crippen molar-refractivity contribution >= 4 is 11.9 Å². The summed E-state index contributed by atoms with van der Waals surface area (Å²) in [6.07, 6.45) is 3.03. The number of hydrogen-bond acceptors (Lipinski definition) is 4. The number of carbonyl (C=O) groups is 2. The molecule has 0 amide bonds. The molecular formula is C17H21NO4. The minimum atomic E-state index is -0.982. The fourth-order valence-corrected chi connectivity index (χ4v) is 3.89. The Balaban J connectivity index is 1.73. The molecular weight excluding hydrogens is 282 g/mol. The van der Waals surface area contributed by atoms with Crippen LogP contribution in [0.4, 0.5) is 0 Å². The summed E-state index contributed by atoms with van der Waals surface area (Å²) >= 11 is 0. The van der Waals surface area contributed by atoms with Crippen LogP contribution in [0.1, 0.15) is 32.1 Å². The van der Waals surface area contributed by atoms with Gasteiger partial charge < -0.3 is 14.7 Å². The van der Waals surface area contributed by atoms with Gasteiger partial charge in [0.2, 0.25) is 0 Å². The van der Waals surface area contributed by atoms with E-state index in [1.54, 1.807) is 24.3 Å². The smallest absolute Gasteiger partial charge is 0.312 e. The number of aliphatic carboxylic acids is 1. The minimum Gasteiger partial charge on any atom is -0.481 e. The van der Waals surface area contributed by atoms with Crippen molar-refractivity contribution in [1.82, 2.24) is 4.90 Å². The first-order valence-electron chi connectivity index (χ1n) is 7.71. The van der Waals surface area contributed by atoms with Gasteiger partial charge in [0.25, 0.3) is 0 Å². The van der Waals surface area contributed by atoms with Gasteiger partial charge in [-0.25, -0.2) is 0 Å². The Morgan fingerprint density at radius 1 is 1.23 bits per heavy atom. The highest BCUT2D eigenvalue weighted by Crippen LogP contribution is 2.47. The highest BCUT2D eigenvalue weighted by Gasteiger charge is 2.52. The number of piperidine rings is 1. The number of hydrogen-bond donors (Lipinski definition) is 1. The molecule has 2 aliphatic rings. The number of carboxylic acid groups (broad SMARTS) is 1. The Bertz CT molecular complexity index is 557. The van der Waals surface area contributed by atoms with E-state index in [2.05, 4.69) is 11.9 Å². The van der Waals surface area contributed by atoms with Crippen molar-refractivity contribution < 1.29 is 19.4 Å². The average Bonchev–Trinajstić information content (AvgIpc) is 2.71. The number of benzene rings is 1. The summed E-state index contributed by atoms with van der Waals surface area (Å²) in [7, 11) is 2.05. The molecule has 118 valence electrons. The average molecular weight is 303 g/mol. The Hall–Kier alpha value is -1.88. The van der Waals surface area contributed by atoms with Crippen LogP contribution in [0.2, 0.25) is 0 Å². The molecule has 5 nitrogen and oxygen atoms in total. The summed E-state index contributed by atoms with van der Waals surface area (Å²) in [4.78, 5) is 26.3. The van der Waals surface area contributed by atoms with Crippen LogP contribution >= 0.6 is 0 Å². The Morgan fingerprint density at radius 2 is 1.82 bits per heavy atom. The number of fused-ring (bicyclic) bond motifs is 2. The number of carbonyl (C=O) groups excluding carboxylic acids is 1. The standard InChI is InChI=1S/C17H21NO4/c1-18-12-7-8-13(18)10-17(9-12,16(20)21)11-15(19)22-14-5-3-2-4-6-14/h2-6,12-13H,7-11H2,1H3,(H,20,21). The summed E-state index contributed by atoms with van der Waals surface area (Å²) in [6, 6.07) is 9.33. The van der Waals surface area contributed by atoms with E-state index >= 15 is 0 Å². The quantitative estimate of drug-likeness (QED) is 0.683. The Kier molecular flexibility index (Phi) is 3.91. The molecule has 2 unspecified atom stereocenters. The lowest BCUT2D eigenvalue weighted by molar-refractivity contribution is -0.159. The second kappa shape index (κ2) is 5.72. The zero-order valence-electron chi connectivity index (χ0n) is 12.7. The first-order valence-corrected chi connectivity index (χ1v) is 7.71. The van der Waals surface area contributed by atoms with Crippen molar-refractivity contribution in [3.05, 3.63) is 30.3 Å². The number of carboxylic acids is 1. The first kappa shape index (κ1) is 15.0. The molecule has 2 aliphatic heterocycles. The van der Waals surface area contributed by atoms with Crippen LogP contribution in [0.15, 0.2) is 30.3 Å². The second-order valence-electron chi connectivity index (χ2n) is 6.51. The molecule has 2 heterocycles. The molecule has 2 saturated heterocycles. The van der Waals surface area contributed by atoms with Gasteiger partial charge in [-0.15, -0.1) is 0 Å². The molecule has 1 aromatic rings. The van der Waals surface area contributed by atoms with Gasteiger partial charge in [0, 0.05) is 12.1 Å². The molecule has 0 saturated carbocycles. The van der Waals surface area contributed by atoms with Crippen LogP contribution in [0.3, 0.4) is 0 Å². The van der Waals surface area contributed by atoms with E-state index in [-0.39, 0.29) is 18.5 Å². The van der Waals surface area contributed by atoms with E-state index in [0.29, 0.717) is 18.6 Å². The van der Waals surface area contributed by atoms with Gasteiger partial charge in [-0.05, 0) is 44.9 Å². The zero-order chi connectivity index (χ0) is 15.7. The third kappa shape index (κ3) is 2.73. The van der Waals surface area contributed by atoms with E-state index in [1.807, 2.05) is 6.07 Å². The largest absolute Gasteiger partial charge is 0.481 e. The van der Waals surface area contributed by atoms with Crippen molar-refractivity contribution in [2.75, 3.05) is 7.05 Å². The zero-order valence-corrected chi connectivity index (χ0v) is 12.7. The Morgan fingerprint density at radius 3 is 2.36 bits per heavy atom. The van der Waals surface area contributed by atoms with Gasteiger partial charge in [0.15, 0.2) is 0 Å². The highest BCUT2D eigenvalue weighted by molar-refractivity contribution is 5.83. The molecule has 5 heteroatoms. The number of para-hydroxylation sites is 1. The molecule has 2 bridgehead atoms. The van der Waals surface area contributed by atoms with E-state index in [9.17, 15) is 14.7 Å². The monoisotopic (exact) mass is 303 g/mol. The molecule has 1 N–H and O–H groups in total. The summed E-state index contributed by atoms with van der Waals surface area (Å²) in [5, 5.41) is 9.73. The van der Waals surface area contributed by atoms with Crippen LogP contribution < -0.4 is 4.74 Å². The predicted molar refractivity (Wildman–Crippen MR) is 80.6 cm³/mol. The van der Waals surface area contributed by atoms with E-state index < -0.39 is 17.4 Å². The lowest BCUT2D eigenvalue weighted by atomic mass is 9.72. The molecule has 0 spiro atoms. The van der Waals surface area contributed by atoms with Crippen molar-refractivity contribution in [1.29, 1.82) is 0 Å². The summed E-state index contributed by atoms with van der Waals surface area (Å²) in [5.41, 5.74) is -0.982. The predicted octanol–water partition coefficient (Wildman–Crippen LogP) is 2.31. The molecule has 22 heavy (non-hydrogen) atoms. The molecule has 1 aromatic carbocycles. The van der Waals surface area contributed by atoms with Gasteiger partial charge >= 0.3 is 11.9 Å². The lowest BCUT2D eigenvalue weighted by Gasteiger charge is -2.42. The Labute approximate surface area is 129 Å². The molecule has 3 rings (SSSR count). The third-order valence-corrected chi connectivity index (χ3v) is 5.15. The molecule has 0 radical (unpaired) electrons. The van der Waals surface area contributed by atoms with E-state index in [1.165, 1.54) is 0 Å². The number of esters is 1. The fourth-order valence-electron chi connectivity index (χ4n) is 3.89. The number of nitrogens with zero attached hydrogens (tertiary/aromatic N) is 1. The van der Waals surface area contributed by atoms with E-state index in [4.69, 9.17) is 4.74 Å². The summed E-state index contributed by atoms with van der Waals surface area (Å²) < 4.78 is 5.29. The van der Waals surface area contributed by atoms with Crippen LogP contribution in [0.25, 0.3) is 0 Å². The fraction of sp³-hybridized carbons (Fsp3) is 0.529. The maximum absolute atomic E-state index is 12.2. The molecule has 2 fully saturated rings. The van der Waals surface area contributed by atoms with E-state index in [0.717, 1.165) is 12.8 Å². The van der Waals surface area contributed by atoms with Crippen LogP contribution in [-0.2, 0) is 9.59 Å². The molecule has 2 atom stereocenters. The van der Waals surface area contributed by atoms with Gasteiger partial charge in [-0.3, -0.25) is 9.59 Å². The third-order valence-electron chi connectivity index (χ3n) is 5.15. The van der Waals surface area contributed by atoms with Crippen LogP contribution in [0, 0.1) is 5.41 Å². The summed E-state index contributed by atoms with van der Waals surface area (Å²) in [6.45, 7) is 0. The van der Waals surface area contributed by atoms with Crippen molar-refractivity contribution in [2.45, 2.75) is 44.2 Å². The lowest BCUT2D eigenvalue weighted by Crippen LogP contribution is -2.50. The van der Waals surface area contributed by atoms with Crippen molar-refractivity contribution in [3.8, 4) is 5.75 Å². The van der Waals surface area contributed by atoms with Crippen LogP contribution in [-0.4, -0.2) is 41.1 Å². The number of ether oxygens (including phenoxy) is 1. The second-order valence-corrected chi connectivity index (χ2v) is 6.51. The van der Waals surface area contributed by atoms with Gasteiger partial charge in [-0.2, -0.15) is 0 Å². The maximum atomic E-state index is 12.2. The van der Waals surface area contributed by atoms with Gasteiger partial charge in [-0.1, -0.05) is 18.2 Å². The summed E-state index contributed by atoms with van der Waals surface area (Å²) in [5.74, 6) is -0.871. The topological polar surface area (TPSA) is 66.8 Å². The van der Waals surface area contributed by atoms with Gasteiger partial charge in [0.05, 0.1) is 11.8 Å². The first-order chi connectivity index (χ1) is 10.5. The molecule has 0 aliphatic carbocycles. The van der Waals surface area contributed by atoms with Crippen molar-refractivity contribution in [3.63, 3.8) is 0 Å². The maximum Gasteiger partial charge on any atom is 0.312 e. The highest BCUT2D eigenvalue weighted by atomic mass is 16.5. The SMILES string of the molecule is CN1C2CCC1CC(CC(=O)Oc1ccccc1)(C(=O)O)C2. The van der Waals surface area contributed by atoms with Crippen molar-refractivity contribution in [2.24, 2.45) is 5.41 Å². The van der Waals surface area contributed by atoms with Gasteiger partial charge in [0.1, 0.15) is 5.75 Å². The van der Waals surface area contributed by atoms with Crippen LogP contribution in [0.5, 0.6) is 5.75 Å².